The average molecular weight is 545 g/mol. The number of para-hydroxylation sites is 1. The van der Waals surface area contributed by atoms with E-state index in [0.717, 1.165) is 22.9 Å². The van der Waals surface area contributed by atoms with Crippen LogP contribution in [0.15, 0.2) is 103 Å². The van der Waals surface area contributed by atoms with Crippen LogP contribution in [-0.4, -0.2) is 14.7 Å². The maximum absolute atomic E-state index is 6.05. The summed E-state index contributed by atoms with van der Waals surface area (Å²) in [7, 11) is 0. The number of nitrogens with zero attached hydrogens (tertiary/aromatic N) is 3. The molecule has 2 atom stereocenters. The Hall–Kier alpha value is -4.42. The fourth-order valence-corrected chi connectivity index (χ4v) is 6.03. The van der Waals surface area contributed by atoms with Gasteiger partial charge in [-0.2, -0.15) is 0 Å². The molecule has 0 amide bonds. The topological polar surface area (TPSA) is 42.3 Å². The second-order valence-corrected chi connectivity index (χ2v) is 10.7. The smallest absolute Gasteiger partial charge is 0.174 e. The number of benzene rings is 3. The predicted molar refractivity (Wildman–Crippen MR) is 166 cm³/mol. The van der Waals surface area contributed by atoms with Gasteiger partial charge in [-0.25, -0.2) is 0 Å². The molecule has 0 aliphatic carbocycles. The molecule has 1 aliphatic rings. The van der Waals surface area contributed by atoms with Gasteiger partial charge < -0.3 is 19.5 Å². The summed E-state index contributed by atoms with van der Waals surface area (Å²) in [5, 5.41) is 4.27. The van der Waals surface area contributed by atoms with E-state index >= 15 is 0 Å². The summed E-state index contributed by atoms with van der Waals surface area (Å²) in [6, 6.07) is 32.6. The van der Waals surface area contributed by atoms with Crippen LogP contribution in [-0.2, 0) is 0 Å². The highest BCUT2D eigenvalue weighted by Crippen LogP contribution is 2.44. The fourth-order valence-electron chi connectivity index (χ4n) is 5.68. The second kappa shape index (κ2) is 10.6. The highest BCUT2D eigenvalue weighted by Gasteiger charge is 2.42. The Labute approximate surface area is 241 Å². The lowest BCUT2D eigenvalue weighted by Crippen LogP contribution is -2.29. The van der Waals surface area contributed by atoms with E-state index in [1.807, 2.05) is 60.8 Å². The van der Waals surface area contributed by atoms with E-state index in [-0.39, 0.29) is 12.1 Å². The maximum atomic E-state index is 6.05. The van der Waals surface area contributed by atoms with Crippen molar-refractivity contribution in [1.29, 1.82) is 0 Å². The number of hydrogen-bond donors (Lipinski definition) is 1. The van der Waals surface area contributed by atoms with Gasteiger partial charge in [0.05, 0.1) is 17.8 Å². The lowest BCUT2D eigenvalue weighted by Gasteiger charge is -2.28. The first kappa shape index (κ1) is 25.8. The molecular formula is C34H32N4OS. The van der Waals surface area contributed by atoms with Gasteiger partial charge in [0.25, 0.3) is 0 Å². The molecule has 6 rings (SSSR count). The van der Waals surface area contributed by atoms with Crippen molar-refractivity contribution in [3.63, 3.8) is 0 Å². The number of rotatable bonds is 6. The zero-order valence-electron chi connectivity index (χ0n) is 23.1. The summed E-state index contributed by atoms with van der Waals surface area (Å²) in [5.41, 5.74) is 9.31. The number of aromatic nitrogens is 2. The SMILES string of the molecule is Cc1cccc(-n2c(C)cc([C@H]3[C@@H](c4ccccn4)NC(=S)N3c3ccc(Oc4ccccc4)cc3)c2C)c1C. The van der Waals surface area contributed by atoms with Gasteiger partial charge in [0.2, 0.25) is 0 Å². The number of pyridine rings is 1. The molecule has 0 saturated carbocycles. The third-order valence-electron chi connectivity index (χ3n) is 7.80. The molecule has 0 unspecified atom stereocenters. The first-order valence-corrected chi connectivity index (χ1v) is 13.9. The maximum Gasteiger partial charge on any atom is 0.174 e. The van der Waals surface area contributed by atoms with Gasteiger partial charge in [0.1, 0.15) is 11.5 Å². The van der Waals surface area contributed by atoms with Crippen molar-refractivity contribution >= 4 is 23.0 Å². The van der Waals surface area contributed by atoms with Gasteiger partial charge in [0, 0.05) is 29.0 Å². The highest BCUT2D eigenvalue weighted by molar-refractivity contribution is 7.80. The first-order chi connectivity index (χ1) is 19.4. The lowest BCUT2D eigenvalue weighted by molar-refractivity contribution is 0.482. The molecule has 200 valence electrons. The van der Waals surface area contributed by atoms with Crippen molar-refractivity contribution in [2.75, 3.05) is 4.90 Å². The Morgan fingerprint density at radius 1 is 0.800 bits per heavy atom. The first-order valence-electron chi connectivity index (χ1n) is 13.5. The van der Waals surface area contributed by atoms with E-state index < -0.39 is 0 Å². The van der Waals surface area contributed by atoms with Crippen molar-refractivity contribution in [2.24, 2.45) is 0 Å². The summed E-state index contributed by atoms with van der Waals surface area (Å²) in [5.74, 6) is 1.58. The zero-order chi connectivity index (χ0) is 27.8. The van der Waals surface area contributed by atoms with Crippen molar-refractivity contribution in [2.45, 2.75) is 39.8 Å². The van der Waals surface area contributed by atoms with Crippen molar-refractivity contribution in [1.82, 2.24) is 14.9 Å². The molecule has 5 nitrogen and oxygen atoms in total. The number of anilines is 1. The Kier molecular flexibility index (Phi) is 6.86. The Morgan fingerprint density at radius 3 is 2.25 bits per heavy atom. The van der Waals surface area contributed by atoms with Crippen LogP contribution in [0.2, 0.25) is 0 Å². The quantitative estimate of drug-likeness (QED) is 0.219. The minimum atomic E-state index is -0.110. The van der Waals surface area contributed by atoms with E-state index in [0.29, 0.717) is 5.11 Å². The molecule has 6 heteroatoms. The summed E-state index contributed by atoms with van der Waals surface area (Å²) >= 11 is 5.98. The molecule has 2 aromatic heterocycles. The van der Waals surface area contributed by atoms with Crippen LogP contribution in [0.4, 0.5) is 5.69 Å². The Bertz CT molecular complexity index is 1660. The van der Waals surface area contributed by atoms with Crippen LogP contribution in [0.3, 0.4) is 0 Å². The molecule has 0 radical (unpaired) electrons. The summed E-state index contributed by atoms with van der Waals surface area (Å²) in [4.78, 5) is 6.95. The Morgan fingerprint density at radius 2 is 1.52 bits per heavy atom. The second-order valence-electron chi connectivity index (χ2n) is 10.3. The molecular weight excluding hydrogens is 512 g/mol. The van der Waals surface area contributed by atoms with Crippen LogP contribution >= 0.6 is 12.2 Å². The third kappa shape index (κ3) is 4.65. The van der Waals surface area contributed by atoms with Crippen LogP contribution in [0.25, 0.3) is 5.69 Å². The normalized spacial score (nSPS) is 16.7. The number of ether oxygens (including phenoxy) is 1. The molecule has 1 N–H and O–H groups in total. The summed E-state index contributed by atoms with van der Waals surface area (Å²) in [6.07, 6.45) is 1.84. The van der Waals surface area contributed by atoms with Crippen LogP contribution < -0.4 is 15.0 Å². The third-order valence-corrected chi connectivity index (χ3v) is 8.11. The number of nitrogens with one attached hydrogen (secondary N) is 1. The minimum absolute atomic E-state index is 0.0895. The van der Waals surface area contributed by atoms with E-state index in [1.54, 1.807) is 0 Å². The van der Waals surface area contributed by atoms with Crippen molar-refractivity contribution < 1.29 is 4.74 Å². The van der Waals surface area contributed by atoms with E-state index in [2.05, 4.69) is 84.9 Å². The average Bonchev–Trinajstić information content (AvgIpc) is 3.46. The Balaban J connectivity index is 1.44. The number of aryl methyl sites for hydroxylation is 2. The molecule has 1 aliphatic heterocycles. The van der Waals surface area contributed by atoms with E-state index in [9.17, 15) is 0 Å². The number of hydrogen-bond acceptors (Lipinski definition) is 3. The monoisotopic (exact) mass is 544 g/mol. The lowest BCUT2D eigenvalue weighted by atomic mass is 9.96. The van der Waals surface area contributed by atoms with Crippen molar-refractivity contribution in [3.8, 4) is 17.2 Å². The molecule has 5 aromatic rings. The van der Waals surface area contributed by atoms with Crippen LogP contribution in [0, 0.1) is 27.7 Å². The molecule has 3 heterocycles. The van der Waals surface area contributed by atoms with Gasteiger partial charge in [-0.3, -0.25) is 4.98 Å². The predicted octanol–water partition coefficient (Wildman–Crippen LogP) is 8.08. The van der Waals surface area contributed by atoms with Crippen molar-refractivity contribution in [3.05, 3.63) is 137 Å². The van der Waals surface area contributed by atoms with Crippen LogP contribution in [0.1, 0.15) is 45.9 Å². The van der Waals surface area contributed by atoms with Gasteiger partial charge in [0.15, 0.2) is 5.11 Å². The van der Waals surface area contributed by atoms with E-state index in [4.69, 9.17) is 21.9 Å². The summed E-state index contributed by atoms with van der Waals surface area (Å²) in [6.45, 7) is 8.74. The van der Waals surface area contributed by atoms with E-state index in [1.165, 1.54) is 33.8 Å². The summed E-state index contributed by atoms with van der Waals surface area (Å²) < 4.78 is 8.42. The standard InChI is InChI=1S/C34H32N4OS/c1-22-11-10-15-31(24(22)3)37-23(2)21-29(25(37)4)33-32(30-14-8-9-20-35-30)36-34(40)38(33)26-16-18-28(19-17-26)39-27-12-6-5-7-13-27/h5-21,32-33H,1-4H3,(H,36,40)/t32-,33+/m1/s1. The highest BCUT2D eigenvalue weighted by atomic mass is 32.1. The fraction of sp³-hybridized carbons (Fsp3) is 0.176. The van der Waals surface area contributed by atoms with Gasteiger partial charge in [-0.1, -0.05) is 36.4 Å². The van der Waals surface area contributed by atoms with Gasteiger partial charge in [-0.05, 0) is 117 Å². The molecule has 0 bridgehead atoms. The molecule has 0 spiro atoms. The molecule has 40 heavy (non-hydrogen) atoms. The van der Waals surface area contributed by atoms with Crippen LogP contribution in [0.5, 0.6) is 11.5 Å². The number of thiocarbonyl (C=S) groups is 1. The minimum Gasteiger partial charge on any atom is -0.457 e. The molecule has 3 aromatic carbocycles. The molecule has 1 saturated heterocycles. The van der Waals surface area contributed by atoms with Gasteiger partial charge in [-0.15, -0.1) is 0 Å². The zero-order valence-corrected chi connectivity index (χ0v) is 23.9. The largest absolute Gasteiger partial charge is 0.457 e. The molecule has 1 fully saturated rings. The van der Waals surface area contributed by atoms with Gasteiger partial charge >= 0.3 is 0 Å².